The first-order chi connectivity index (χ1) is 8.40. The second-order valence-electron chi connectivity index (χ2n) is 3.32. The Balaban J connectivity index is 0.000000136. The molecule has 17 heavy (non-hydrogen) atoms. The summed E-state index contributed by atoms with van der Waals surface area (Å²) in [5.41, 5.74) is 1.62. The van der Waals surface area contributed by atoms with Crippen molar-refractivity contribution < 1.29 is 4.79 Å². The van der Waals surface area contributed by atoms with Gasteiger partial charge in [0.2, 0.25) is 0 Å². The fraction of sp³-hybridized carbons (Fsp3) is 0. The zero-order valence-corrected chi connectivity index (χ0v) is 9.08. The molecule has 1 N–H and O–H groups in total. The first kappa shape index (κ1) is 11.0. The van der Waals surface area contributed by atoms with E-state index in [0.29, 0.717) is 5.69 Å². The van der Waals surface area contributed by atoms with Gasteiger partial charge < -0.3 is 4.98 Å². The van der Waals surface area contributed by atoms with Crippen LogP contribution in [0.1, 0.15) is 10.5 Å². The number of rotatable bonds is 1. The molecule has 0 fully saturated rings. The molecule has 0 aliphatic carbocycles. The van der Waals surface area contributed by atoms with E-state index in [1.54, 1.807) is 24.7 Å². The number of hydrogen-bond acceptors (Lipinski definition) is 3. The molecule has 3 rings (SSSR count). The van der Waals surface area contributed by atoms with Crippen molar-refractivity contribution in [1.29, 1.82) is 0 Å². The van der Waals surface area contributed by atoms with Gasteiger partial charge in [-0.15, -0.1) is 0 Å². The highest BCUT2D eigenvalue weighted by molar-refractivity contribution is 5.76. The Morgan fingerprint density at radius 2 is 2.00 bits per heavy atom. The van der Waals surface area contributed by atoms with Crippen molar-refractivity contribution in [2.75, 3.05) is 0 Å². The quantitative estimate of drug-likeness (QED) is 0.647. The number of nitrogens with zero attached hydrogens (tertiary/aromatic N) is 2. The van der Waals surface area contributed by atoms with Gasteiger partial charge in [0, 0.05) is 17.8 Å². The van der Waals surface area contributed by atoms with Crippen LogP contribution in [-0.4, -0.2) is 21.2 Å². The summed E-state index contributed by atoms with van der Waals surface area (Å²) in [4.78, 5) is 20.5. The number of aromatic nitrogens is 3. The monoisotopic (exact) mass is 225 g/mol. The Morgan fingerprint density at radius 3 is 2.65 bits per heavy atom. The van der Waals surface area contributed by atoms with E-state index in [4.69, 9.17) is 0 Å². The van der Waals surface area contributed by atoms with E-state index in [2.05, 4.69) is 15.0 Å². The van der Waals surface area contributed by atoms with Crippen molar-refractivity contribution >= 4 is 17.2 Å². The van der Waals surface area contributed by atoms with Gasteiger partial charge in [-0.25, -0.2) is 9.97 Å². The second-order valence-corrected chi connectivity index (χ2v) is 3.32. The Labute approximate surface area is 98.4 Å². The van der Waals surface area contributed by atoms with Crippen LogP contribution < -0.4 is 0 Å². The van der Waals surface area contributed by atoms with E-state index in [1.165, 1.54) is 0 Å². The zero-order valence-electron chi connectivity index (χ0n) is 9.08. The molecule has 4 nitrogen and oxygen atoms in total. The lowest BCUT2D eigenvalue weighted by Gasteiger charge is -1.90. The number of carbonyl (C=O) groups excluding carboxylic acids is 1. The predicted molar refractivity (Wildman–Crippen MR) is 65.7 cm³/mol. The maximum atomic E-state index is 9.84. The summed E-state index contributed by atoms with van der Waals surface area (Å²) >= 11 is 0. The molecular formula is C13H11N3O. The lowest BCUT2D eigenvalue weighted by Crippen LogP contribution is -1.77. The number of hydrogen-bond donors (Lipinski definition) is 1. The summed E-state index contributed by atoms with van der Waals surface area (Å²) in [5.74, 6) is 0. The molecule has 0 bridgehead atoms. The summed E-state index contributed by atoms with van der Waals surface area (Å²) in [7, 11) is 0. The van der Waals surface area contributed by atoms with Crippen molar-refractivity contribution in [2.45, 2.75) is 0 Å². The Kier molecular flexibility index (Phi) is 3.60. The molecule has 2 aromatic heterocycles. The predicted octanol–water partition coefficient (Wildman–Crippen LogP) is 2.46. The van der Waals surface area contributed by atoms with Gasteiger partial charge in [0.15, 0.2) is 6.29 Å². The molecule has 4 heteroatoms. The van der Waals surface area contributed by atoms with Gasteiger partial charge in [0.1, 0.15) is 6.33 Å². The highest BCUT2D eigenvalue weighted by Gasteiger charge is 1.87. The molecular weight excluding hydrogens is 214 g/mol. The maximum absolute atomic E-state index is 9.84. The molecule has 0 saturated carbocycles. The third-order valence-electron chi connectivity index (χ3n) is 2.16. The van der Waals surface area contributed by atoms with Gasteiger partial charge in [0.05, 0.1) is 11.2 Å². The molecule has 2 heterocycles. The molecule has 0 unspecified atom stereocenters. The number of benzene rings is 1. The van der Waals surface area contributed by atoms with Crippen molar-refractivity contribution in [3.8, 4) is 0 Å². The number of fused-ring (bicyclic) bond motifs is 1. The summed E-state index contributed by atoms with van der Waals surface area (Å²) in [6.07, 6.45) is 5.86. The minimum absolute atomic E-state index is 0.625. The van der Waals surface area contributed by atoms with Gasteiger partial charge in [0.25, 0.3) is 0 Å². The SMILES string of the molecule is O=Cc1ccc[nH]1.c1ccc2ncncc2c1. The topological polar surface area (TPSA) is 58.6 Å². The fourth-order valence-corrected chi connectivity index (χ4v) is 1.34. The Bertz CT molecular complexity index is 525. The zero-order chi connectivity index (χ0) is 11.9. The van der Waals surface area contributed by atoms with Gasteiger partial charge in [-0.1, -0.05) is 18.2 Å². The van der Waals surface area contributed by atoms with Crippen LogP contribution in [0.3, 0.4) is 0 Å². The number of H-pyrrole nitrogens is 1. The van der Waals surface area contributed by atoms with Crippen LogP contribution in [-0.2, 0) is 0 Å². The van der Waals surface area contributed by atoms with E-state index in [-0.39, 0.29) is 0 Å². The minimum atomic E-state index is 0.625. The highest BCUT2D eigenvalue weighted by Crippen LogP contribution is 2.06. The smallest absolute Gasteiger partial charge is 0.166 e. The van der Waals surface area contributed by atoms with Crippen molar-refractivity contribution in [3.63, 3.8) is 0 Å². The molecule has 3 aromatic rings. The number of aromatic amines is 1. The normalized spacial score (nSPS) is 9.41. The molecule has 0 radical (unpaired) electrons. The molecule has 0 amide bonds. The second kappa shape index (κ2) is 5.55. The first-order valence-electron chi connectivity index (χ1n) is 5.13. The van der Waals surface area contributed by atoms with Crippen molar-refractivity contribution in [1.82, 2.24) is 15.0 Å². The molecule has 0 saturated heterocycles. The highest BCUT2D eigenvalue weighted by atomic mass is 16.1. The van der Waals surface area contributed by atoms with Crippen LogP contribution in [0.2, 0.25) is 0 Å². The average Bonchev–Trinajstić information content (AvgIpc) is 2.93. The number of carbonyl (C=O) groups is 1. The molecule has 0 aliphatic rings. The standard InChI is InChI=1S/C8H6N2.C5H5NO/c1-2-4-8-7(3-1)5-9-6-10-8;7-4-5-2-1-3-6-5/h1-6H;1-4,6H. The third-order valence-corrected chi connectivity index (χ3v) is 2.16. The van der Waals surface area contributed by atoms with Crippen LogP contribution in [0.5, 0.6) is 0 Å². The molecule has 0 aliphatic heterocycles. The van der Waals surface area contributed by atoms with Crippen LogP contribution in [0.15, 0.2) is 55.1 Å². The van der Waals surface area contributed by atoms with Gasteiger partial charge in [-0.2, -0.15) is 0 Å². The fourth-order valence-electron chi connectivity index (χ4n) is 1.34. The lowest BCUT2D eigenvalue weighted by atomic mass is 10.2. The number of aldehydes is 1. The molecule has 1 aromatic carbocycles. The van der Waals surface area contributed by atoms with E-state index in [0.717, 1.165) is 17.2 Å². The van der Waals surface area contributed by atoms with E-state index >= 15 is 0 Å². The minimum Gasteiger partial charge on any atom is -0.359 e. The van der Waals surface area contributed by atoms with Gasteiger partial charge in [-0.05, 0) is 18.2 Å². The third kappa shape index (κ3) is 2.98. The first-order valence-corrected chi connectivity index (χ1v) is 5.13. The van der Waals surface area contributed by atoms with Crippen LogP contribution in [0, 0.1) is 0 Å². The van der Waals surface area contributed by atoms with Crippen molar-refractivity contribution in [2.24, 2.45) is 0 Å². The van der Waals surface area contributed by atoms with Crippen LogP contribution in [0.4, 0.5) is 0 Å². The van der Waals surface area contributed by atoms with Crippen LogP contribution in [0.25, 0.3) is 10.9 Å². The summed E-state index contributed by atoms with van der Waals surface area (Å²) in [6.45, 7) is 0. The summed E-state index contributed by atoms with van der Waals surface area (Å²) in [5, 5.41) is 1.09. The summed E-state index contributed by atoms with van der Waals surface area (Å²) < 4.78 is 0. The Hall–Kier alpha value is -2.49. The largest absolute Gasteiger partial charge is 0.359 e. The molecule has 0 atom stereocenters. The van der Waals surface area contributed by atoms with Gasteiger partial charge in [-0.3, -0.25) is 4.79 Å². The summed E-state index contributed by atoms with van der Waals surface area (Å²) in [6, 6.07) is 11.4. The van der Waals surface area contributed by atoms with E-state index < -0.39 is 0 Å². The Morgan fingerprint density at radius 1 is 1.12 bits per heavy atom. The van der Waals surface area contributed by atoms with E-state index in [1.807, 2.05) is 30.5 Å². The molecule has 84 valence electrons. The lowest BCUT2D eigenvalue weighted by molar-refractivity contribution is 0.111. The number of nitrogens with one attached hydrogen (secondary N) is 1. The average molecular weight is 225 g/mol. The molecule has 0 spiro atoms. The number of para-hydroxylation sites is 1. The van der Waals surface area contributed by atoms with Gasteiger partial charge >= 0.3 is 0 Å². The maximum Gasteiger partial charge on any atom is 0.166 e. The van der Waals surface area contributed by atoms with E-state index in [9.17, 15) is 4.79 Å². The van der Waals surface area contributed by atoms with Crippen LogP contribution >= 0.6 is 0 Å². The van der Waals surface area contributed by atoms with Crippen molar-refractivity contribution in [3.05, 3.63) is 60.8 Å².